The molecule has 2 heterocycles. The van der Waals surface area contributed by atoms with E-state index in [9.17, 15) is 13.2 Å². The highest BCUT2D eigenvalue weighted by molar-refractivity contribution is 7.91. The number of piperidine rings is 1. The number of hydrogen-bond acceptors (Lipinski definition) is 6. The van der Waals surface area contributed by atoms with Gasteiger partial charge in [-0.05, 0) is 18.8 Å². The largest absolute Gasteiger partial charge is 0.476 e. The summed E-state index contributed by atoms with van der Waals surface area (Å²) in [6.07, 6.45) is 1.66. The van der Waals surface area contributed by atoms with Crippen LogP contribution in [0.15, 0.2) is 9.72 Å². The maximum Gasteiger partial charge on any atom is 0.356 e. The molecule has 1 aromatic rings. The van der Waals surface area contributed by atoms with Crippen LogP contribution in [0.3, 0.4) is 0 Å². The quantitative estimate of drug-likeness (QED) is 0.865. The van der Waals surface area contributed by atoms with Crippen molar-refractivity contribution in [1.29, 1.82) is 0 Å². The Morgan fingerprint density at radius 2 is 2.40 bits per heavy atom. The van der Waals surface area contributed by atoms with Crippen LogP contribution in [-0.2, 0) is 14.8 Å². The number of aromatic nitrogens is 1. The van der Waals surface area contributed by atoms with Gasteiger partial charge >= 0.3 is 5.97 Å². The minimum absolute atomic E-state index is 0.143. The standard InChI is InChI=1S/C11H16N2O5S2/c1-18-6-8-3-2-4-13(5-8)20(16,17)11-9(10(14)15)12-7-19-11/h7-8H,2-6H2,1H3,(H,14,15). The third-order valence-electron chi connectivity index (χ3n) is 3.20. The summed E-state index contributed by atoms with van der Waals surface area (Å²) >= 11 is 0.840. The van der Waals surface area contributed by atoms with Crippen molar-refractivity contribution in [3.8, 4) is 0 Å². The summed E-state index contributed by atoms with van der Waals surface area (Å²) in [7, 11) is -2.21. The van der Waals surface area contributed by atoms with Gasteiger partial charge in [-0.25, -0.2) is 18.2 Å². The zero-order valence-corrected chi connectivity index (χ0v) is 12.6. The van der Waals surface area contributed by atoms with E-state index in [-0.39, 0.29) is 10.1 Å². The van der Waals surface area contributed by atoms with E-state index in [0.717, 1.165) is 24.2 Å². The van der Waals surface area contributed by atoms with Gasteiger partial charge in [-0.2, -0.15) is 4.31 Å². The number of hydrogen-bond donors (Lipinski definition) is 1. The molecule has 7 nitrogen and oxygen atoms in total. The summed E-state index contributed by atoms with van der Waals surface area (Å²) in [5.41, 5.74) is 0.844. The van der Waals surface area contributed by atoms with Crippen LogP contribution >= 0.6 is 11.3 Å². The van der Waals surface area contributed by atoms with Crippen molar-refractivity contribution in [1.82, 2.24) is 9.29 Å². The third-order valence-corrected chi connectivity index (χ3v) is 6.41. The van der Waals surface area contributed by atoms with Gasteiger partial charge in [-0.1, -0.05) is 0 Å². The van der Waals surface area contributed by atoms with Crippen LogP contribution in [0, 0.1) is 5.92 Å². The smallest absolute Gasteiger partial charge is 0.356 e. The van der Waals surface area contributed by atoms with Crippen LogP contribution in [0.4, 0.5) is 0 Å². The molecular formula is C11H16N2O5S2. The lowest BCUT2D eigenvalue weighted by Gasteiger charge is -2.31. The zero-order chi connectivity index (χ0) is 14.8. The first kappa shape index (κ1) is 15.4. The highest BCUT2D eigenvalue weighted by Crippen LogP contribution is 2.28. The van der Waals surface area contributed by atoms with Gasteiger partial charge in [0.1, 0.15) is 0 Å². The number of carboxylic acid groups (broad SMARTS) is 1. The molecule has 0 amide bonds. The van der Waals surface area contributed by atoms with Crippen molar-refractivity contribution in [3.63, 3.8) is 0 Å². The predicted octanol–water partition coefficient (Wildman–Crippen LogP) is 0.888. The van der Waals surface area contributed by atoms with Crippen molar-refractivity contribution in [2.75, 3.05) is 26.8 Å². The molecule has 1 atom stereocenters. The molecule has 112 valence electrons. The first-order chi connectivity index (χ1) is 9.46. The topological polar surface area (TPSA) is 96.8 Å². The summed E-state index contributed by atoms with van der Waals surface area (Å²) in [6, 6.07) is 0. The Morgan fingerprint density at radius 3 is 3.05 bits per heavy atom. The molecule has 1 saturated heterocycles. The summed E-state index contributed by atoms with van der Waals surface area (Å²) < 4.78 is 31.2. The fourth-order valence-electron chi connectivity index (χ4n) is 2.30. The number of carboxylic acids is 1. The van der Waals surface area contributed by atoms with E-state index in [1.165, 1.54) is 9.82 Å². The molecule has 0 saturated carbocycles. The normalized spacial score (nSPS) is 20.9. The minimum Gasteiger partial charge on any atom is -0.476 e. The molecule has 1 unspecified atom stereocenters. The monoisotopic (exact) mass is 320 g/mol. The second-order valence-electron chi connectivity index (χ2n) is 4.62. The SMILES string of the molecule is COCC1CCCN(S(=O)(=O)c2scnc2C(=O)O)C1. The Bertz CT molecular complexity index is 581. The molecule has 0 spiro atoms. The predicted molar refractivity (Wildman–Crippen MR) is 72.4 cm³/mol. The maximum atomic E-state index is 12.5. The fraction of sp³-hybridized carbons (Fsp3) is 0.636. The van der Waals surface area contributed by atoms with Crippen LogP contribution < -0.4 is 0 Å². The molecule has 2 rings (SSSR count). The number of thiazole rings is 1. The van der Waals surface area contributed by atoms with Crippen LogP contribution in [0.5, 0.6) is 0 Å². The minimum atomic E-state index is -3.79. The van der Waals surface area contributed by atoms with Gasteiger partial charge in [-0.15, -0.1) is 11.3 Å². The number of rotatable bonds is 5. The second-order valence-corrected chi connectivity index (χ2v) is 7.61. The van der Waals surface area contributed by atoms with Gasteiger partial charge in [0.05, 0.1) is 12.1 Å². The van der Waals surface area contributed by atoms with Crippen LogP contribution in [0.2, 0.25) is 0 Å². The summed E-state index contributed by atoms with van der Waals surface area (Å²) in [6.45, 7) is 1.26. The molecule has 1 fully saturated rings. The molecule has 1 aliphatic rings. The lowest BCUT2D eigenvalue weighted by Crippen LogP contribution is -2.41. The third kappa shape index (κ3) is 3.00. The number of nitrogens with zero attached hydrogens (tertiary/aromatic N) is 2. The fourth-order valence-corrected chi connectivity index (χ4v) is 5.13. The molecule has 1 aromatic heterocycles. The molecule has 9 heteroatoms. The maximum absolute atomic E-state index is 12.5. The Morgan fingerprint density at radius 1 is 1.65 bits per heavy atom. The Hall–Kier alpha value is -1.03. The number of carbonyl (C=O) groups is 1. The van der Waals surface area contributed by atoms with Gasteiger partial charge in [-0.3, -0.25) is 0 Å². The van der Waals surface area contributed by atoms with E-state index in [1.54, 1.807) is 7.11 Å². The molecule has 0 aromatic carbocycles. The van der Waals surface area contributed by atoms with E-state index >= 15 is 0 Å². The molecule has 0 bridgehead atoms. The van der Waals surface area contributed by atoms with Crippen molar-refractivity contribution >= 4 is 27.3 Å². The van der Waals surface area contributed by atoms with E-state index in [4.69, 9.17) is 9.84 Å². The number of sulfonamides is 1. The van der Waals surface area contributed by atoms with Crippen LogP contribution in [0.25, 0.3) is 0 Å². The molecule has 20 heavy (non-hydrogen) atoms. The lowest BCUT2D eigenvalue weighted by molar-refractivity contribution is 0.0687. The van der Waals surface area contributed by atoms with Crippen molar-refractivity contribution in [2.45, 2.75) is 17.1 Å². The molecule has 0 radical (unpaired) electrons. The Balaban J connectivity index is 2.25. The van der Waals surface area contributed by atoms with E-state index in [0.29, 0.717) is 19.7 Å². The first-order valence-electron chi connectivity index (χ1n) is 6.12. The summed E-state index contributed by atoms with van der Waals surface area (Å²) in [4.78, 5) is 14.6. The van der Waals surface area contributed by atoms with E-state index < -0.39 is 21.7 Å². The van der Waals surface area contributed by atoms with Crippen molar-refractivity contribution < 1.29 is 23.1 Å². The van der Waals surface area contributed by atoms with Gasteiger partial charge in [0.15, 0.2) is 9.90 Å². The number of aromatic carboxylic acids is 1. The Kier molecular flexibility index (Phi) is 4.74. The van der Waals surface area contributed by atoms with Crippen LogP contribution in [0.1, 0.15) is 23.3 Å². The van der Waals surface area contributed by atoms with E-state index in [2.05, 4.69) is 4.98 Å². The lowest BCUT2D eigenvalue weighted by atomic mass is 10.0. The van der Waals surface area contributed by atoms with Crippen molar-refractivity contribution in [3.05, 3.63) is 11.2 Å². The molecule has 0 aliphatic carbocycles. The van der Waals surface area contributed by atoms with Gasteiger partial charge in [0.25, 0.3) is 10.0 Å². The highest BCUT2D eigenvalue weighted by atomic mass is 32.2. The number of methoxy groups -OCH3 is 1. The van der Waals surface area contributed by atoms with Crippen LogP contribution in [-0.4, -0.2) is 55.6 Å². The number of ether oxygens (including phenoxy) is 1. The molecule has 1 aliphatic heterocycles. The molecular weight excluding hydrogens is 304 g/mol. The highest BCUT2D eigenvalue weighted by Gasteiger charge is 2.34. The van der Waals surface area contributed by atoms with Gasteiger partial charge in [0.2, 0.25) is 0 Å². The first-order valence-corrected chi connectivity index (χ1v) is 8.44. The van der Waals surface area contributed by atoms with Gasteiger partial charge < -0.3 is 9.84 Å². The second kappa shape index (κ2) is 6.17. The average Bonchev–Trinajstić information content (AvgIpc) is 2.89. The molecule has 1 N–H and O–H groups in total. The van der Waals surface area contributed by atoms with E-state index in [1.807, 2.05) is 0 Å². The zero-order valence-electron chi connectivity index (χ0n) is 11.0. The van der Waals surface area contributed by atoms with Gasteiger partial charge in [0, 0.05) is 20.2 Å². The average molecular weight is 320 g/mol. The Labute approximate surface area is 121 Å². The summed E-state index contributed by atoms with van der Waals surface area (Å²) in [5, 5.41) is 8.99. The summed E-state index contributed by atoms with van der Waals surface area (Å²) in [5.74, 6) is -1.18. The van der Waals surface area contributed by atoms with Crippen molar-refractivity contribution in [2.24, 2.45) is 5.92 Å².